The van der Waals surface area contributed by atoms with Crippen molar-refractivity contribution in [2.75, 3.05) is 6.61 Å². The minimum absolute atomic E-state index is 0. The molecule has 0 saturated heterocycles. The maximum absolute atomic E-state index is 7.57. The molecule has 0 aliphatic rings. The molecule has 0 amide bonds. The molecular weight excluding hydrogens is 148 g/mol. The molecule has 3 heteroatoms. The highest BCUT2D eigenvalue weighted by atomic mass is 35.5. The second-order valence-corrected chi connectivity index (χ2v) is 2.23. The Morgan fingerprint density at radius 2 is 1.67 bits per heavy atom. The quantitative estimate of drug-likeness (QED) is 0.616. The first-order valence-corrected chi connectivity index (χ1v) is 4.23. The molecule has 1 N–H and O–H groups in total. The number of hydrogen-bond acceptors (Lipinski definition) is 1. The van der Waals surface area contributed by atoms with Gasteiger partial charge in [0.05, 0.1) is 0 Å². The molecule has 0 aliphatic carbocycles. The van der Waals surface area contributed by atoms with Crippen LogP contribution in [-0.2, 0) is 0 Å². The van der Waals surface area contributed by atoms with Crippen LogP contribution < -0.4 is 0 Å². The number of hydrogen-bond donors (Lipinski definition) is 1. The van der Waals surface area contributed by atoms with E-state index in [2.05, 4.69) is 6.92 Å². The highest BCUT2D eigenvalue weighted by Gasteiger charge is 2.19. The van der Waals surface area contributed by atoms with Gasteiger partial charge in [-0.3, -0.25) is 0 Å². The highest BCUT2D eigenvalue weighted by molar-refractivity contribution is 6.08. The molecule has 0 aromatic rings. The lowest BCUT2D eigenvalue weighted by atomic mass is 10.4. The fourth-order valence-corrected chi connectivity index (χ4v) is 0.750. The molecule has 0 rings (SSSR count). The average molecular weight is 164 g/mol. The molecule has 0 atom stereocenters. The van der Waals surface area contributed by atoms with Gasteiger partial charge in [0.1, 0.15) is 0 Å². The van der Waals surface area contributed by atoms with E-state index in [1.165, 1.54) is 17.4 Å². The summed E-state index contributed by atoms with van der Waals surface area (Å²) >= 11 is 2.05. The second-order valence-electron chi connectivity index (χ2n) is 1.52. The Bertz CT molecular complexity index is 27.0. The summed E-state index contributed by atoms with van der Waals surface area (Å²) in [5, 5.41) is 7.57. The number of aliphatic hydroxyl groups excluding tert-OH is 1. The van der Waals surface area contributed by atoms with E-state index in [4.69, 9.17) is 5.11 Å². The summed E-state index contributed by atoms with van der Waals surface area (Å²) in [5.41, 5.74) is 0. The largest absolute Gasteiger partial charge is 1.41 e. The van der Waals surface area contributed by atoms with Gasteiger partial charge >= 0.3 is 21.7 Å². The fraction of sp³-hybridized carbons (Fsp3) is 1.00. The average Bonchev–Trinajstić information content (AvgIpc) is 1.71. The van der Waals surface area contributed by atoms with Crippen molar-refractivity contribution in [1.82, 2.24) is 0 Å². The summed E-state index contributed by atoms with van der Waals surface area (Å²) in [6, 6.07) is 0. The van der Waals surface area contributed by atoms with Gasteiger partial charge in [0.15, 0.2) is 0 Å². The lowest BCUT2D eigenvalue weighted by molar-refractivity contribution is 0.318. The van der Waals surface area contributed by atoms with E-state index in [1.54, 1.807) is 6.92 Å². The van der Waals surface area contributed by atoms with Gasteiger partial charge in [-0.05, 0) is 13.3 Å². The van der Waals surface area contributed by atoms with Gasteiger partial charge in [-0.25, -0.2) is 0 Å². The van der Waals surface area contributed by atoms with Crippen molar-refractivity contribution in [1.29, 1.82) is 0 Å². The molecule has 0 aliphatic heterocycles. The van der Waals surface area contributed by atoms with Gasteiger partial charge in [0.2, 0.25) is 0 Å². The predicted molar refractivity (Wildman–Crippen MR) is 45.5 cm³/mol. The zero-order valence-corrected chi connectivity index (χ0v) is 8.62. The summed E-state index contributed by atoms with van der Waals surface area (Å²) in [5.74, 6) is 0. The predicted octanol–water partition coefficient (Wildman–Crippen LogP) is 1.79. The molecule has 0 spiro atoms. The first kappa shape index (κ1) is 16.5. The van der Waals surface area contributed by atoms with E-state index in [9.17, 15) is 0 Å². The van der Waals surface area contributed by atoms with Crippen LogP contribution in [0.4, 0.5) is 0 Å². The molecule has 0 heterocycles. The van der Waals surface area contributed by atoms with Crippen LogP contribution in [0.25, 0.3) is 0 Å². The van der Waals surface area contributed by atoms with E-state index >= 15 is 0 Å². The molecule has 7 radical (unpaired) electrons. The molecule has 0 unspecified atom stereocenters. The van der Waals surface area contributed by atoms with Crippen molar-refractivity contribution < 1.29 is 5.11 Å². The molecule has 0 bridgehead atoms. The topological polar surface area (TPSA) is 20.2 Å². The number of unbranched alkanes of at least 4 members (excludes halogenated alkanes) is 1. The molecule has 0 aromatic carbocycles. The van der Waals surface area contributed by atoms with Crippen molar-refractivity contribution in [2.24, 2.45) is 0 Å². The maximum Gasteiger partial charge on any atom is 1.41 e. The molecule has 0 fully saturated rings. The van der Waals surface area contributed by atoms with E-state index in [-0.39, 0.29) is 19.0 Å². The normalized spacial score (nSPS) is 6.67. The maximum atomic E-state index is 7.57. The third-order valence-corrected chi connectivity index (χ3v) is 1.10. The van der Waals surface area contributed by atoms with E-state index in [0.717, 1.165) is 0 Å². The number of aliphatic hydroxyl groups is 1. The summed E-state index contributed by atoms with van der Waals surface area (Å²) in [6.07, 6.45) is 2.75. The van der Waals surface area contributed by atoms with E-state index in [1.807, 2.05) is 21.7 Å². The van der Waals surface area contributed by atoms with Gasteiger partial charge in [0.25, 0.3) is 4.55 Å². The number of halogens is 1. The van der Waals surface area contributed by atoms with Crippen LogP contribution in [0.5, 0.6) is 0 Å². The van der Waals surface area contributed by atoms with Gasteiger partial charge in [-0.2, -0.15) is 0 Å². The minimum Gasteiger partial charge on any atom is -0.397 e. The molecular formula is C6H16ClMgO+2. The van der Waals surface area contributed by atoms with Crippen LogP contribution in [0, 0.1) is 0 Å². The first-order valence-electron chi connectivity index (χ1n) is 3.23. The lowest BCUT2D eigenvalue weighted by Crippen LogP contribution is -1.63. The van der Waals surface area contributed by atoms with E-state index in [0.29, 0.717) is 0 Å². The van der Waals surface area contributed by atoms with Crippen molar-refractivity contribution in [3.05, 3.63) is 0 Å². The Balaban J connectivity index is -0.0000000800. The third kappa shape index (κ3) is 48.8. The Morgan fingerprint density at radius 3 is 1.67 bits per heavy atom. The van der Waals surface area contributed by atoms with Crippen LogP contribution in [0.15, 0.2) is 0 Å². The minimum atomic E-state index is 0. The summed E-state index contributed by atoms with van der Waals surface area (Å²) in [4.78, 5) is 0. The van der Waals surface area contributed by atoms with Gasteiger partial charge in [-0.15, -0.1) is 12.4 Å². The van der Waals surface area contributed by atoms with Gasteiger partial charge in [0, 0.05) is 13.0 Å². The molecule has 0 saturated carbocycles. The Kier molecular flexibility index (Phi) is 42.3. The Morgan fingerprint density at radius 1 is 1.33 bits per heavy atom. The lowest BCUT2D eigenvalue weighted by Gasteiger charge is -1.65. The Hall–Kier alpha value is 1.02. The summed E-state index contributed by atoms with van der Waals surface area (Å²) in [7, 11) is 0. The van der Waals surface area contributed by atoms with Crippen LogP contribution in [0.1, 0.15) is 26.7 Å². The molecule has 1 nitrogen and oxygen atoms in total. The monoisotopic (exact) mass is 163 g/mol. The second kappa shape index (κ2) is 23.0. The summed E-state index contributed by atoms with van der Waals surface area (Å²) in [6.45, 7) is 4.15. The SMILES string of the molecule is CCC[CH2][Mg+2].CCO.Cl. The van der Waals surface area contributed by atoms with Crippen LogP contribution >= 0.6 is 12.4 Å². The Labute approximate surface area is 77.1 Å². The summed E-state index contributed by atoms with van der Waals surface area (Å²) < 4.78 is 1.37. The highest BCUT2D eigenvalue weighted by Crippen LogP contribution is 1.86. The standard InChI is InChI=1S/C4H9.C2H6O.ClH.Mg/c1-3-4-2;1-2-3;;/h1,3-4H2,2H3;3H,2H2,1H3;1H;/q;;;+2. The third-order valence-electron chi connectivity index (χ3n) is 0.604. The van der Waals surface area contributed by atoms with Crippen LogP contribution in [0.2, 0.25) is 4.55 Å². The molecule has 53 valence electrons. The zero-order valence-electron chi connectivity index (χ0n) is 6.39. The van der Waals surface area contributed by atoms with Crippen molar-refractivity contribution in [2.45, 2.75) is 31.2 Å². The van der Waals surface area contributed by atoms with Crippen LogP contribution in [0.3, 0.4) is 0 Å². The number of rotatable bonds is 2. The molecule has 9 heavy (non-hydrogen) atoms. The van der Waals surface area contributed by atoms with E-state index < -0.39 is 0 Å². The molecule has 0 aromatic heterocycles. The van der Waals surface area contributed by atoms with Crippen molar-refractivity contribution >= 4 is 34.1 Å². The van der Waals surface area contributed by atoms with Gasteiger partial charge in [-0.1, -0.05) is 6.92 Å². The van der Waals surface area contributed by atoms with Crippen molar-refractivity contribution in [3.63, 3.8) is 0 Å². The fourth-order valence-electron chi connectivity index (χ4n) is 0.250. The zero-order chi connectivity index (χ0) is 6.83. The van der Waals surface area contributed by atoms with Crippen LogP contribution in [-0.4, -0.2) is 33.4 Å². The first-order chi connectivity index (χ1) is 3.83. The van der Waals surface area contributed by atoms with Crippen molar-refractivity contribution in [3.8, 4) is 0 Å². The van der Waals surface area contributed by atoms with Gasteiger partial charge < -0.3 is 5.11 Å². The smallest absolute Gasteiger partial charge is 0.397 e.